The lowest BCUT2D eigenvalue weighted by Gasteiger charge is -2.19. The summed E-state index contributed by atoms with van der Waals surface area (Å²) in [4.78, 5) is 24.7. The number of ketones is 1. The summed E-state index contributed by atoms with van der Waals surface area (Å²) in [5.41, 5.74) is 3.92. The number of carbonyl (C=O) groups is 2. The quantitative estimate of drug-likeness (QED) is 0.266. The van der Waals surface area contributed by atoms with Gasteiger partial charge in [-0.05, 0) is 71.7 Å². The molecular weight excluding hydrogens is 498 g/mol. The highest BCUT2D eigenvalue weighted by Crippen LogP contribution is 2.22. The molecule has 0 aliphatic rings. The van der Waals surface area contributed by atoms with Gasteiger partial charge in [0.1, 0.15) is 0 Å². The Morgan fingerprint density at radius 3 is 1.94 bits per heavy atom. The highest BCUT2D eigenvalue weighted by Gasteiger charge is 2.15. The minimum atomic E-state index is -0.266. The first-order valence-electron chi connectivity index (χ1n) is 10.5. The molecule has 0 aromatic heterocycles. The lowest BCUT2D eigenvalue weighted by atomic mass is 9.87. The minimum Gasteiger partial charge on any atom is -0.378 e. The van der Waals surface area contributed by atoms with Crippen molar-refractivity contribution in [3.8, 4) is 0 Å². The molecule has 3 aromatic carbocycles. The summed E-state index contributed by atoms with van der Waals surface area (Å²) in [5, 5.41) is 9.03. The molecule has 3 N–H and O–H groups in total. The zero-order chi connectivity index (χ0) is 24.0. The van der Waals surface area contributed by atoms with Crippen LogP contribution in [0.2, 0.25) is 0 Å². The number of hydrogen-bond donors (Lipinski definition) is 3. The van der Waals surface area contributed by atoms with Crippen LogP contribution in [-0.2, 0) is 5.41 Å². The Kier molecular flexibility index (Phi) is 8.00. The van der Waals surface area contributed by atoms with Crippen LogP contribution in [0, 0.1) is 0 Å². The maximum atomic E-state index is 12.5. The average molecular weight is 524 g/mol. The molecular formula is C26H26BrN3O2S. The maximum absolute atomic E-state index is 12.5. The minimum absolute atomic E-state index is 0.00382. The van der Waals surface area contributed by atoms with E-state index in [1.54, 1.807) is 24.3 Å². The van der Waals surface area contributed by atoms with Gasteiger partial charge >= 0.3 is 0 Å². The molecule has 3 rings (SSSR count). The maximum Gasteiger partial charge on any atom is 0.257 e. The summed E-state index contributed by atoms with van der Waals surface area (Å²) >= 11 is 8.63. The number of Topliss-reactive ketones (excluding diaryl/α,β-unsaturated/α-hetero) is 1. The third kappa shape index (κ3) is 7.23. The normalized spacial score (nSPS) is 10.9. The first-order chi connectivity index (χ1) is 15.6. The number of rotatable bonds is 6. The molecule has 0 atom stereocenters. The zero-order valence-corrected chi connectivity index (χ0v) is 21.1. The summed E-state index contributed by atoms with van der Waals surface area (Å²) < 4.78 is 0.933. The largest absolute Gasteiger partial charge is 0.378 e. The van der Waals surface area contributed by atoms with Crippen molar-refractivity contribution in [3.05, 3.63) is 94.0 Å². The summed E-state index contributed by atoms with van der Waals surface area (Å²) in [6, 6.07) is 22.1. The number of halogens is 1. The number of hydrogen-bond acceptors (Lipinski definition) is 4. The standard InChI is InChI=1S/C26H26BrN3O2S/c1-26(2,3)19-8-4-18(5-9-19)24(32)30-25(33)29-22-14-12-21(13-15-22)28-16-23(31)17-6-10-20(27)11-7-17/h4-15,28H,16H2,1-3H3,(H2,29,30,32,33). The van der Waals surface area contributed by atoms with E-state index in [0.717, 1.165) is 21.4 Å². The van der Waals surface area contributed by atoms with E-state index in [4.69, 9.17) is 12.2 Å². The van der Waals surface area contributed by atoms with Crippen LogP contribution in [0.15, 0.2) is 77.3 Å². The first kappa shape index (κ1) is 24.6. The van der Waals surface area contributed by atoms with Gasteiger partial charge in [0.2, 0.25) is 0 Å². The van der Waals surface area contributed by atoms with Gasteiger partial charge in [-0.15, -0.1) is 0 Å². The van der Waals surface area contributed by atoms with Crippen LogP contribution in [0.25, 0.3) is 0 Å². The van der Waals surface area contributed by atoms with Gasteiger partial charge in [-0.2, -0.15) is 0 Å². The molecule has 170 valence electrons. The van der Waals surface area contributed by atoms with Gasteiger partial charge in [0.05, 0.1) is 6.54 Å². The summed E-state index contributed by atoms with van der Waals surface area (Å²) in [5.74, 6) is -0.262. The van der Waals surface area contributed by atoms with Crippen LogP contribution in [0.3, 0.4) is 0 Å². The van der Waals surface area contributed by atoms with Crippen molar-refractivity contribution in [1.29, 1.82) is 0 Å². The van der Waals surface area contributed by atoms with E-state index < -0.39 is 0 Å². The van der Waals surface area contributed by atoms with Crippen LogP contribution in [0.1, 0.15) is 47.1 Å². The van der Waals surface area contributed by atoms with E-state index in [1.165, 1.54) is 0 Å². The van der Waals surface area contributed by atoms with Gasteiger partial charge in [0.25, 0.3) is 5.91 Å². The van der Waals surface area contributed by atoms with Gasteiger partial charge in [0, 0.05) is 27.0 Å². The molecule has 0 fully saturated rings. The van der Waals surface area contributed by atoms with Crippen molar-refractivity contribution >= 4 is 56.3 Å². The Hall–Kier alpha value is -3.03. The molecule has 0 saturated carbocycles. The predicted octanol–water partition coefficient (Wildman–Crippen LogP) is 6.17. The monoisotopic (exact) mass is 523 g/mol. The van der Waals surface area contributed by atoms with Gasteiger partial charge in [0.15, 0.2) is 10.9 Å². The molecule has 0 saturated heterocycles. The van der Waals surface area contributed by atoms with Crippen molar-refractivity contribution in [1.82, 2.24) is 5.32 Å². The van der Waals surface area contributed by atoms with Gasteiger partial charge in [-0.3, -0.25) is 14.9 Å². The van der Waals surface area contributed by atoms with Crippen LogP contribution < -0.4 is 16.0 Å². The van der Waals surface area contributed by atoms with Crippen molar-refractivity contribution in [2.24, 2.45) is 0 Å². The smallest absolute Gasteiger partial charge is 0.257 e. The molecule has 1 amide bonds. The fourth-order valence-corrected chi connectivity index (χ4v) is 3.53. The second-order valence-electron chi connectivity index (χ2n) is 8.60. The number of benzene rings is 3. The van der Waals surface area contributed by atoms with Crippen molar-refractivity contribution in [2.45, 2.75) is 26.2 Å². The van der Waals surface area contributed by atoms with Crippen LogP contribution in [0.5, 0.6) is 0 Å². The Balaban J connectivity index is 1.49. The predicted molar refractivity (Wildman–Crippen MR) is 142 cm³/mol. The SMILES string of the molecule is CC(C)(C)c1ccc(C(=O)NC(=S)Nc2ccc(NCC(=O)c3ccc(Br)cc3)cc2)cc1. The van der Waals surface area contributed by atoms with E-state index in [-0.39, 0.29) is 28.8 Å². The van der Waals surface area contributed by atoms with Gasteiger partial charge in [-0.1, -0.05) is 61.0 Å². The van der Waals surface area contributed by atoms with E-state index >= 15 is 0 Å². The number of carbonyl (C=O) groups excluding carboxylic acids is 2. The molecule has 0 radical (unpaired) electrons. The molecule has 0 bridgehead atoms. The van der Waals surface area contributed by atoms with Crippen LogP contribution in [-0.4, -0.2) is 23.3 Å². The molecule has 0 aliphatic carbocycles. The molecule has 7 heteroatoms. The third-order valence-electron chi connectivity index (χ3n) is 5.00. The highest BCUT2D eigenvalue weighted by atomic mass is 79.9. The summed E-state index contributed by atoms with van der Waals surface area (Å²) in [6.07, 6.45) is 0. The molecule has 0 heterocycles. The second kappa shape index (κ2) is 10.7. The lowest BCUT2D eigenvalue weighted by Crippen LogP contribution is -2.34. The zero-order valence-electron chi connectivity index (χ0n) is 18.7. The Morgan fingerprint density at radius 1 is 0.818 bits per heavy atom. The molecule has 0 unspecified atom stereocenters. The molecule has 33 heavy (non-hydrogen) atoms. The van der Waals surface area contributed by atoms with Gasteiger partial charge in [-0.25, -0.2) is 0 Å². The van der Waals surface area contributed by atoms with Crippen molar-refractivity contribution < 1.29 is 9.59 Å². The Labute approximate surface area is 208 Å². The first-order valence-corrected chi connectivity index (χ1v) is 11.7. The van der Waals surface area contributed by atoms with Crippen LogP contribution >= 0.6 is 28.1 Å². The number of anilines is 2. The topological polar surface area (TPSA) is 70.2 Å². The average Bonchev–Trinajstić information content (AvgIpc) is 2.78. The fraction of sp³-hybridized carbons (Fsp3) is 0.192. The van der Waals surface area contributed by atoms with Crippen LogP contribution in [0.4, 0.5) is 11.4 Å². The van der Waals surface area contributed by atoms with E-state index in [9.17, 15) is 9.59 Å². The van der Waals surface area contributed by atoms with Crippen molar-refractivity contribution in [3.63, 3.8) is 0 Å². The molecule has 0 aliphatic heterocycles. The molecule has 3 aromatic rings. The van der Waals surface area contributed by atoms with E-state index in [2.05, 4.69) is 52.7 Å². The highest BCUT2D eigenvalue weighted by molar-refractivity contribution is 9.10. The molecule has 5 nitrogen and oxygen atoms in total. The fourth-order valence-electron chi connectivity index (χ4n) is 3.05. The Morgan fingerprint density at radius 2 is 1.36 bits per heavy atom. The summed E-state index contributed by atoms with van der Waals surface area (Å²) in [7, 11) is 0. The van der Waals surface area contributed by atoms with E-state index in [1.807, 2.05) is 48.5 Å². The van der Waals surface area contributed by atoms with Gasteiger partial charge < -0.3 is 10.6 Å². The number of thiocarbonyl (C=S) groups is 1. The third-order valence-corrected chi connectivity index (χ3v) is 5.74. The molecule has 0 spiro atoms. The van der Waals surface area contributed by atoms with E-state index in [0.29, 0.717) is 11.1 Å². The van der Waals surface area contributed by atoms with Crippen molar-refractivity contribution in [2.75, 3.05) is 17.2 Å². The summed E-state index contributed by atoms with van der Waals surface area (Å²) in [6.45, 7) is 6.57. The second-order valence-corrected chi connectivity index (χ2v) is 9.92. The number of nitrogens with one attached hydrogen (secondary N) is 3. The Bertz CT molecular complexity index is 1140. The number of amides is 1. The lowest BCUT2D eigenvalue weighted by molar-refractivity contribution is 0.0975.